The minimum absolute atomic E-state index is 0.128. The second-order valence-electron chi connectivity index (χ2n) is 4.27. The van der Waals surface area contributed by atoms with Crippen LogP contribution in [-0.2, 0) is 4.79 Å². The average molecular weight is 314 g/mol. The highest BCUT2D eigenvalue weighted by molar-refractivity contribution is 9.09. The van der Waals surface area contributed by atoms with E-state index in [1.807, 2.05) is 38.2 Å². The molecule has 0 saturated carbocycles. The second kappa shape index (κ2) is 8.14. The van der Waals surface area contributed by atoms with Crippen LogP contribution in [0.15, 0.2) is 24.3 Å². The quantitative estimate of drug-likeness (QED) is 0.724. The van der Waals surface area contributed by atoms with Crippen LogP contribution < -0.4 is 4.74 Å². The molecule has 0 bridgehead atoms. The van der Waals surface area contributed by atoms with Crippen molar-refractivity contribution in [2.24, 2.45) is 0 Å². The van der Waals surface area contributed by atoms with Crippen LogP contribution in [0.2, 0.25) is 0 Å². The molecule has 0 saturated heterocycles. The zero-order valence-corrected chi connectivity index (χ0v) is 12.6. The van der Waals surface area contributed by atoms with Gasteiger partial charge in [-0.3, -0.25) is 4.79 Å². The Balaban J connectivity index is 2.27. The van der Waals surface area contributed by atoms with E-state index in [4.69, 9.17) is 4.74 Å². The number of hydrogen-bond donors (Lipinski definition) is 0. The molecule has 1 amide bonds. The van der Waals surface area contributed by atoms with Gasteiger partial charge in [0.1, 0.15) is 5.75 Å². The highest BCUT2D eigenvalue weighted by Crippen LogP contribution is 2.12. The summed E-state index contributed by atoms with van der Waals surface area (Å²) in [6.07, 6.45) is 1.40. The Morgan fingerprint density at radius 2 is 2.22 bits per heavy atom. The molecule has 0 fully saturated rings. The standard InChI is InChI=1S/C14H20BrNO2/c1-12-5-3-6-13(11-12)18-10-7-14(17)16(2)9-4-8-15/h3,5-6,11H,4,7-10H2,1-2H3. The zero-order valence-electron chi connectivity index (χ0n) is 11.0. The van der Waals surface area contributed by atoms with Gasteiger partial charge >= 0.3 is 0 Å². The molecule has 18 heavy (non-hydrogen) atoms. The summed E-state index contributed by atoms with van der Waals surface area (Å²) >= 11 is 3.35. The summed E-state index contributed by atoms with van der Waals surface area (Å²) in [5, 5.41) is 0.921. The van der Waals surface area contributed by atoms with Crippen LogP contribution in [0.3, 0.4) is 0 Å². The van der Waals surface area contributed by atoms with Crippen LogP contribution in [0.25, 0.3) is 0 Å². The van der Waals surface area contributed by atoms with Gasteiger partial charge in [-0.15, -0.1) is 0 Å². The number of ether oxygens (including phenoxy) is 1. The summed E-state index contributed by atoms with van der Waals surface area (Å²) in [5.41, 5.74) is 1.16. The van der Waals surface area contributed by atoms with Crippen LogP contribution >= 0.6 is 15.9 Å². The zero-order chi connectivity index (χ0) is 13.4. The topological polar surface area (TPSA) is 29.5 Å². The summed E-state index contributed by atoms with van der Waals surface area (Å²) in [6, 6.07) is 7.85. The van der Waals surface area contributed by atoms with Gasteiger partial charge in [-0.05, 0) is 31.0 Å². The van der Waals surface area contributed by atoms with Gasteiger partial charge in [0.05, 0.1) is 13.0 Å². The maximum absolute atomic E-state index is 11.7. The Bertz CT molecular complexity index is 382. The Morgan fingerprint density at radius 1 is 1.44 bits per heavy atom. The molecule has 0 aliphatic rings. The number of aryl methyl sites for hydroxylation is 1. The normalized spacial score (nSPS) is 10.2. The molecular formula is C14H20BrNO2. The lowest BCUT2D eigenvalue weighted by atomic mass is 10.2. The molecule has 1 aromatic carbocycles. The molecule has 0 heterocycles. The summed E-state index contributed by atoms with van der Waals surface area (Å²) < 4.78 is 5.56. The van der Waals surface area contributed by atoms with E-state index in [-0.39, 0.29) is 5.91 Å². The van der Waals surface area contributed by atoms with E-state index in [1.54, 1.807) is 4.90 Å². The molecule has 0 aromatic heterocycles. The van der Waals surface area contributed by atoms with Gasteiger partial charge in [0, 0.05) is 18.9 Å². The highest BCUT2D eigenvalue weighted by Gasteiger charge is 2.07. The number of benzene rings is 1. The fourth-order valence-electron chi connectivity index (χ4n) is 1.57. The van der Waals surface area contributed by atoms with Crippen molar-refractivity contribution in [1.82, 2.24) is 4.90 Å². The van der Waals surface area contributed by atoms with E-state index in [1.165, 1.54) is 0 Å². The predicted molar refractivity (Wildman–Crippen MR) is 77.3 cm³/mol. The van der Waals surface area contributed by atoms with Gasteiger partial charge in [-0.1, -0.05) is 28.1 Å². The van der Waals surface area contributed by atoms with Crippen molar-refractivity contribution < 1.29 is 9.53 Å². The van der Waals surface area contributed by atoms with Crippen molar-refractivity contribution in [3.8, 4) is 5.75 Å². The molecule has 3 nitrogen and oxygen atoms in total. The van der Waals surface area contributed by atoms with Gasteiger partial charge in [0.25, 0.3) is 0 Å². The minimum Gasteiger partial charge on any atom is -0.493 e. The van der Waals surface area contributed by atoms with Gasteiger partial charge in [0.15, 0.2) is 0 Å². The van der Waals surface area contributed by atoms with E-state index in [0.717, 1.165) is 29.6 Å². The van der Waals surface area contributed by atoms with Gasteiger partial charge in [-0.2, -0.15) is 0 Å². The van der Waals surface area contributed by atoms with Crippen molar-refractivity contribution >= 4 is 21.8 Å². The smallest absolute Gasteiger partial charge is 0.225 e. The van der Waals surface area contributed by atoms with E-state index in [9.17, 15) is 4.79 Å². The van der Waals surface area contributed by atoms with Crippen molar-refractivity contribution in [3.05, 3.63) is 29.8 Å². The van der Waals surface area contributed by atoms with Crippen molar-refractivity contribution in [1.29, 1.82) is 0 Å². The van der Waals surface area contributed by atoms with Crippen molar-refractivity contribution in [3.63, 3.8) is 0 Å². The first-order chi connectivity index (χ1) is 8.63. The summed E-state index contributed by atoms with van der Waals surface area (Å²) in [5.74, 6) is 0.953. The number of amides is 1. The third-order valence-corrected chi connectivity index (χ3v) is 3.19. The fraction of sp³-hybridized carbons (Fsp3) is 0.500. The van der Waals surface area contributed by atoms with Gasteiger partial charge in [-0.25, -0.2) is 0 Å². The van der Waals surface area contributed by atoms with Gasteiger partial charge in [0.2, 0.25) is 5.91 Å². The molecule has 0 unspecified atom stereocenters. The van der Waals surface area contributed by atoms with Crippen LogP contribution in [-0.4, -0.2) is 36.3 Å². The molecule has 100 valence electrons. The van der Waals surface area contributed by atoms with Crippen molar-refractivity contribution in [2.45, 2.75) is 19.8 Å². The monoisotopic (exact) mass is 313 g/mol. The minimum atomic E-state index is 0.128. The predicted octanol–water partition coefficient (Wildman–Crippen LogP) is 3.01. The first-order valence-electron chi connectivity index (χ1n) is 6.13. The molecule has 0 atom stereocenters. The second-order valence-corrected chi connectivity index (χ2v) is 5.07. The molecular weight excluding hydrogens is 294 g/mol. The molecule has 0 aliphatic carbocycles. The lowest BCUT2D eigenvalue weighted by Crippen LogP contribution is -2.29. The third-order valence-electron chi connectivity index (χ3n) is 2.63. The van der Waals surface area contributed by atoms with Crippen LogP contribution in [0.5, 0.6) is 5.75 Å². The number of alkyl halides is 1. The lowest BCUT2D eigenvalue weighted by Gasteiger charge is -2.16. The first kappa shape index (κ1) is 15.0. The number of carbonyl (C=O) groups excluding carboxylic acids is 1. The molecule has 1 aromatic rings. The van der Waals surface area contributed by atoms with Gasteiger partial charge < -0.3 is 9.64 Å². The largest absolute Gasteiger partial charge is 0.493 e. The first-order valence-corrected chi connectivity index (χ1v) is 7.25. The number of hydrogen-bond acceptors (Lipinski definition) is 2. The number of carbonyl (C=O) groups is 1. The van der Waals surface area contributed by atoms with Crippen LogP contribution in [0.4, 0.5) is 0 Å². The maximum atomic E-state index is 11.7. The van der Waals surface area contributed by atoms with Crippen LogP contribution in [0.1, 0.15) is 18.4 Å². The third kappa shape index (κ3) is 5.54. The van der Waals surface area contributed by atoms with E-state index in [0.29, 0.717) is 13.0 Å². The Kier molecular flexibility index (Phi) is 6.80. The molecule has 0 radical (unpaired) electrons. The summed E-state index contributed by atoms with van der Waals surface area (Å²) in [7, 11) is 1.83. The molecule has 4 heteroatoms. The van der Waals surface area contributed by atoms with E-state index >= 15 is 0 Å². The molecule has 0 N–H and O–H groups in total. The van der Waals surface area contributed by atoms with E-state index < -0.39 is 0 Å². The Hall–Kier alpha value is -1.03. The Morgan fingerprint density at radius 3 is 2.89 bits per heavy atom. The maximum Gasteiger partial charge on any atom is 0.225 e. The highest BCUT2D eigenvalue weighted by atomic mass is 79.9. The summed E-state index contributed by atoms with van der Waals surface area (Å²) in [6.45, 7) is 3.24. The molecule has 1 rings (SSSR count). The molecule has 0 aliphatic heterocycles. The number of halogens is 1. The number of nitrogens with zero attached hydrogens (tertiary/aromatic N) is 1. The molecule has 0 spiro atoms. The summed E-state index contributed by atoms with van der Waals surface area (Å²) in [4.78, 5) is 13.5. The van der Waals surface area contributed by atoms with Crippen molar-refractivity contribution in [2.75, 3.05) is 25.5 Å². The average Bonchev–Trinajstić information content (AvgIpc) is 2.35. The Labute approximate surface area is 117 Å². The van der Waals surface area contributed by atoms with E-state index in [2.05, 4.69) is 15.9 Å². The lowest BCUT2D eigenvalue weighted by molar-refractivity contribution is -0.130. The van der Waals surface area contributed by atoms with Crippen LogP contribution in [0, 0.1) is 6.92 Å². The fourth-order valence-corrected chi connectivity index (χ4v) is 1.82. The number of rotatable bonds is 7. The SMILES string of the molecule is Cc1cccc(OCCC(=O)N(C)CCCBr)c1.